The highest BCUT2D eigenvalue weighted by molar-refractivity contribution is 9.10. The van der Waals surface area contributed by atoms with Crippen LogP contribution in [0.25, 0.3) is 0 Å². The summed E-state index contributed by atoms with van der Waals surface area (Å²) in [4.78, 5) is 27.2. The van der Waals surface area contributed by atoms with Crippen molar-refractivity contribution in [3.63, 3.8) is 0 Å². The molecule has 1 atom stereocenters. The lowest BCUT2D eigenvalue weighted by atomic mass is 10.0. The number of rotatable bonds is 6. The lowest BCUT2D eigenvalue weighted by Gasteiger charge is -2.34. The third kappa shape index (κ3) is 4.30. The van der Waals surface area contributed by atoms with Crippen molar-refractivity contribution in [3.8, 4) is 11.5 Å². The standard InChI is InChI=1S/C21H23BrN2O4/c1-13(2)24(14(3)25)20(21(26)23-11-15-7-5-4-6-8-15)16-9-18-19(10-17(16)22)28-12-27-18/h4-10,13,20H,11-12H2,1-3H3,(H,23,26). The fraction of sp³-hybridized carbons (Fsp3) is 0.333. The minimum atomic E-state index is -0.801. The number of benzene rings is 2. The molecule has 1 heterocycles. The van der Waals surface area contributed by atoms with Crippen molar-refractivity contribution in [2.45, 2.75) is 39.4 Å². The van der Waals surface area contributed by atoms with Gasteiger partial charge in [-0.2, -0.15) is 0 Å². The van der Waals surface area contributed by atoms with Crippen LogP contribution >= 0.6 is 15.9 Å². The minimum Gasteiger partial charge on any atom is -0.454 e. The molecule has 3 rings (SSSR count). The van der Waals surface area contributed by atoms with Gasteiger partial charge in [0.1, 0.15) is 6.04 Å². The fourth-order valence-electron chi connectivity index (χ4n) is 3.29. The molecule has 148 valence electrons. The van der Waals surface area contributed by atoms with Gasteiger partial charge in [-0.1, -0.05) is 46.3 Å². The van der Waals surface area contributed by atoms with Crippen LogP contribution in [0.3, 0.4) is 0 Å². The van der Waals surface area contributed by atoms with Gasteiger partial charge in [-0.3, -0.25) is 9.59 Å². The zero-order chi connectivity index (χ0) is 20.3. The van der Waals surface area contributed by atoms with Gasteiger partial charge in [0.25, 0.3) is 0 Å². The summed E-state index contributed by atoms with van der Waals surface area (Å²) in [6, 6.07) is 12.2. The van der Waals surface area contributed by atoms with Crippen molar-refractivity contribution < 1.29 is 19.1 Å². The third-order valence-electron chi connectivity index (χ3n) is 4.54. The van der Waals surface area contributed by atoms with Crippen LogP contribution < -0.4 is 14.8 Å². The van der Waals surface area contributed by atoms with Gasteiger partial charge in [0.15, 0.2) is 11.5 Å². The van der Waals surface area contributed by atoms with Crippen LogP contribution in [0, 0.1) is 0 Å². The molecule has 1 unspecified atom stereocenters. The predicted octanol–water partition coefficient (Wildman–Crippen LogP) is 3.79. The summed E-state index contributed by atoms with van der Waals surface area (Å²) in [7, 11) is 0. The molecule has 0 fully saturated rings. The maximum atomic E-state index is 13.2. The predicted molar refractivity (Wildman–Crippen MR) is 109 cm³/mol. The van der Waals surface area contributed by atoms with E-state index in [1.165, 1.54) is 6.92 Å². The molecule has 6 nitrogen and oxygen atoms in total. The summed E-state index contributed by atoms with van der Waals surface area (Å²) >= 11 is 3.53. The first-order chi connectivity index (χ1) is 13.4. The molecule has 7 heteroatoms. The summed E-state index contributed by atoms with van der Waals surface area (Å²) in [5, 5.41) is 2.96. The molecule has 1 aliphatic heterocycles. The Morgan fingerprint density at radius 3 is 2.39 bits per heavy atom. The van der Waals surface area contributed by atoms with E-state index in [4.69, 9.17) is 9.47 Å². The molecule has 2 amide bonds. The molecule has 0 bridgehead atoms. The van der Waals surface area contributed by atoms with Crippen LogP contribution in [0.4, 0.5) is 0 Å². The summed E-state index contributed by atoms with van der Waals surface area (Å²) < 4.78 is 11.6. The minimum absolute atomic E-state index is 0.136. The van der Waals surface area contributed by atoms with Crippen LogP contribution in [0.1, 0.15) is 37.9 Å². The van der Waals surface area contributed by atoms with E-state index in [-0.39, 0.29) is 24.6 Å². The zero-order valence-electron chi connectivity index (χ0n) is 16.1. The highest BCUT2D eigenvalue weighted by atomic mass is 79.9. The van der Waals surface area contributed by atoms with E-state index in [0.29, 0.717) is 28.1 Å². The van der Waals surface area contributed by atoms with Crippen molar-refractivity contribution in [1.82, 2.24) is 10.2 Å². The molecule has 0 aliphatic carbocycles. The normalized spacial score (nSPS) is 13.3. The van der Waals surface area contributed by atoms with Gasteiger partial charge in [-0.25, -0.2) is 0 Å². The summed E-state index contributed by atoms with van der Waals surface area (Å²) in [5.74, 6) is 0.732. The summed E-state index contributed by atoms with van der Waals surface area (Å²) in [6.07, 6.45) is 0. The van der Waals surface area contributed by atoms with E-state index in [0.717, 1.165) is 5.56 Å². The van der Waals surface area contributed by atoms with Gasteiger partial charge < -0.3 is 19.7 Å². The monoisotopic (exact) mass is 446 g/mol. The summed E-state index contributed by atoms with van der Waals surface area (Å²) in [5.41, 5.74) is 1.64. The van der Waals surface area contributed by atoms with Crippen molar-refractivity contribution in [2.75, 3.05) is 6.79 Å². The molecule has 0 aromatic heterocycles. The van der Waals surface area contributed by atoms with Crippen LogP contribution in [0.15, 0.2) is 46.9 Å². The molecule has 0 spiro atoms. The first kappa shape index (κ1) is 20.2. The Morgan fingerprint density at radius 2 is 1.79 bits per heavy atom. The zero-order valence-corrected chi connectivity index (χ0v) is 17.7. The number of halogens is 1. The van der Waals surface area contributed by atoms with Gasteiger partial charge in [0, 0.05) is 29.5 Å². The average Bonchev–Trinajstić information content (AvgIpc) is 3.11. The number of carbonyl (C=O) groups excluding carboxylic acids is 2. The summed E-state index contributed by atoms with van der Waals surface area (Å²) in [6.45, 7) is 5.76. The highest BCUT2D eigenvalue weighted by Crippen LogP contribution is 2.41. The third-order valence-corrected chi connectivity index (χ3v) is 5.23. The molecule has 2 aromatic rings. The topological polar surface area (TPSA) is 67.9 Å². The van der Waals surface area contributed by atoms with E-state index in [2.05, 4.69) is 21.2 Å². The van der Waals surface area contributed by atoms with E-state index in [9.17, 15) is 9.59 Å². The Morgan fingerprint density at radius 1 is 1.14 bits per heavy atom. The Hall–Kier alpha value is -2.54. The first-order valence-electron chi connectivity index (χ1n) is 9.08. The number of carbonyl (C=O) groups is 2. The molecular formula is C21H23BrN2O4. The number of hydrogen-bond acceptors (Lipinski definition) is 4. The Bertz CT molecular complexity index is 870. The highest BCUT2D eigenvalue weighted by Gasteiger charge is 2.34. The maximum absolute atomic E-state index is 13.2. The quantitative estimate of drug-likeness (QED) is 0.732. The van der Waals surface area contributed by atoms with Crippen LogP contribution in [-0.4, -0.2) is 29.5 Å². The molecule has 2 aromatic carbocycles. The largest absolute Gasteiger partial charge is 0.454 e. The van der Waals surface area contributed by atoms with Gasteiger partial charge in [0.05, 0.1) is 0 Å². The van der Waals surface area contributed by atoms with Crippen LogP contribution in [-0.2, 0) is 16.1 Å². The molecular weight excluding hydrogens is 424 g/mol. The second kappa shape index (κ2) is 8.65. The second-order valence-corrected chi connectivity index (χ2v) is 7.71. The van der Waals surface area contributed by atoms with Crippen molar-refractivity contribution in [3.05, 3.63) is 58.1 Å². The van der Waals surface area contributed by atoms with Crippen molar-refractivity contribution >= 4 is 27.7 Å². The second-order valence-electron chi connectivity index (χ2n) is 6.85. The van der Waals surface area contributed by atoms with Crippen molar-refractivity contribution in [1.29, 1.82) is 0 Å². The maximum Gasteiger partial charge on any atom is 0.247 e. The number of nitrogens with one attached hydrogen (secondary N) is 1. The van der Waals surface area contributed by atoms with Gasteiger partial charge in [-0.15, -0.1) is 0 Å². The van der Waals surface area contributed by atoms with Crippen LogP contribution in [0.5, 0.6) is 11.5 Å². The van der Waals surface area contributed by atoms with Gasteiger partial charge in [0.2, 0.25) is 18.6 Å². The van der Waals surface area contributed by atoms with E-state index in [1.807, 2.05) is 44.2 Å². The molecule has 0 saturated heterocycles. The first-order valence-corrected chi connectivity index (χ1v) is 9.87. The van der Waals surface area contributed by atoms with E-state index in [1.54, 1.807) is 17.0 Å². The Kier molecular flexibility index (Phi) is 6.24. The van der Waals surface area contributed by atoms with Crippen LogP contribution in [0.2, 0.25) is 0 Å². The fourth-order valence-corrected chi connectivity index (χ4v) is 3.82. The number of fused-ring (bicyclic) bond motifs is 1. The van der Waals surface area contributed by atoms with Crippen molar-refractivity contribution in [2.24, 2.45) is 0 Å². The smallest absolute Gasteiger partial charge is 0.247 e. The SMILES string of the molecule is CC(=O)N(C(C)C)C(C(=O)NCc1ccccc1)c1cc2c(cc1Br)OCO2. The lowest BCUT2D eigenvalue weighted by Crippen LogP contribution is -2.46. The number of hydrogen-bond donors (Lipinski definition) is 1. The lowest BCUT2D eigenvalue weighted by molar-refractivity contribution is -0.141. The molecule has 28 heavy (non-hydrogen) atoms. The Balaban J connectivity index is 1.95. The number of nitrogens with zero attached hydrogens (tertiary/aromatic N) is 1. The molecule has 0 radical (unpaired) electrons. The molecule has 1 N–H and O–H groups in total. The Labute approximate surface area is 172 Å². The van der Waals surface area contributed by atoms with E-state index < -0.39 is 6.04 Å². The number of amides is 2. The van der Waals surface area contributed by atoms with E-state index >= 15 is 0 Å². The average molecular weight is 447 g/mol. The van der Waals surface area contributed by atoms with Gasteiger partial charge in [-0.05, 0) is 31.5 Å². The molecule has 0 saturated carbocycles. The number of ether oxygens (including phenoxy) is 2. The van der Waals surface area contributed by atoms with Gasteiger partial charge >= 0.3 is 0 Å². The molecule has 1 aliphatic rings.